The minimum Gasteiger partial charge on any atom is -0.497 e. The van der Waals surface area contributed by atoms with Gasteiger partial charge < -0.3 is 25.0 Å². The molecule has 0 fully saturated rings. The second-order valence-corrected chi connectivity index (χ2v) is 10.1. The van der Waals surface area contributed by atoms with E-state index in [0.717, 1.165) is 11.4 Å². The summed E-state index contributed by atoms with van der Waals surface area (Å²) in [5.74, 6) is 0.779. The smallest absolute Gasteiger partial charge is 0.322 e. The van der Waals surface area contributed by atoms with Crippen LogP contribution in [-0.4, -0.2) is 60.5 Å². The van der Waals surface area contributed by atoms with Gasteiger partial charge in [0.15, 0.2) is 0 Å². The van der Waals surface area contributed by atoms with Crippen molar-refractivity contribution in [3.05, 3.63) is 64.3 Å². The molecule has 0 radical (unpaired) electrons. The van der Waals surface area contributed by atoms with Crippen molar-refractivity contribution in [2.45, 2.75) is 26.2 Å². The zero-order chi connectivity index (χ0) is 27.2. The number of hydrogen-bond donors (Lipinski definition) is 2. The minimum atomic E-state index is -0.518. The number of nitrogens with zero attached hydrogens (tertiary/aromatic N) is 3. The third kappa shape index (κ3) is 7.38. The summed E-state index contributed by atoms with van der Waals surface area (Å²) in [5, 5.41) is 10.8. The van der Waals surface area contributed by atoms with E-state index in [1.807, 2.05) is 51.1 Å². The molecule has 198 valence electrons. The zero-order valence-electron chi connectivity index (χ0n) is 21.5. The molecule has 0 aliphatic heterocycles. The number of carbonyl (C=O) groups is 2. The van der Waals surface area contributed by atoms with Gasteiger partial charge in [0.1, 0.15) is 18.1 Å². The lowest BCUT2D eigenvalue weighted by atomic mass is 9.92. The number of carbonyl (C=O) groups excluding carboxylic acids is 2. The van der Waals surface area contributed by atoms with E-state index in [4.69, 9.17) is 37.8 Å². The molecule has 1 aromatic heterocycles. The second kappa shape index (κ2) is 12.3. The van der Waals surface area contributed by atoms with Crippen molar-refractivity contribution < 1.29 is 19.1 Å². The molecule has 1 heterocycles. The molecule has 9 nitrogen and oxygen atoms in total. The van der Waals surface area contributed by atoms with Gasteiger partial charge in [-0.05, 0) is 36.4 Å². The highest BCUT2D eigenvalue weighted by Crippen LogP contribution is 2.30. The van der Waals surface area contributed by atoms with Crippen molar-refractivity contribution in [1.82, 2.24) is 14.7 Å². The number of nitrogens with one attached hydrogen (secondary N) is 2. The predicted octanol–water partition coefficient (Wildman–Crippen LogP) is 5.60. The summed E-state index contributed by atoms with van der Waals surface area (Å²) >= 11 is 12.3. The number of urea groups is 1. The van der Waals surface area contributed by atoms with E-state index in [-0.39, 0.29) is 30.1 Å². The summed E-state index contributed by atoms with van der Waals surface area (Å²) in [6.45, 7) is 6.30. The Labute approximate surface area is 226 Å². The fourth-order valence-electron chi connectivity index (χ4n) is 3.36. The van der Waals surface area contributed by atoms with Crippen LogP contribution in [0, 0.1) is 0 Å². The first kappa shape index (κ1) is 28.3. The van der Waals surface area contributed by atoms with E-state index in [1.165, 1.54) is 12.0 Å². The van der Waals surface area contributed by atoms with Crippen molar-refractivity contribution in [1.29, 1.82) is 0 Å². The van der Waals surface area contributed by atoms with Crippen LogP contribution in [0.3, 0.4) is 0 Å². The fraction of sp³-hybridized carbons (Fsp3) is 0.346. The average molecular weight is 548 g/mol. The fourth-order valence-corrected chi connectivity index (χ4v) is 3.71. The molecule has 0 unspecified atom stereocenters. The van der Waals surface area contributed by atoms with Crippen LogP contribution in [0.2, 0.25) is 10.0 Å². The highest BCUT2D eigenvalue weighted by molar-refractivity contribution is 6.43. The van der Waals surface area contributed by atoms with E-state index in [1.54, 1.807) is 30.0 Å². The highest BCUT2D eigenvalue weighted by atomic mass is 35.5. The van der Waals surface area contributed by atoms with Crippen LogP contribution in [0.4, 0.5) is 16.3 Å². The standard InChI is InChI=1S/C26H31Cl2N5O4/c1-26(2,3)21-15-22(33(31-21)17-9-11-18(37-5)12-10-17)30-23(34)16-32(13-14-36-4)25(35)29-20-8-6-7-19(27)24(20)28/h6-12,15H,13-14,16H2,1-5H3,(H,29,35)(H,30,34). The van der Waals surface area contributed by atoms with E-state index >= 15 is 0 Å². The summed E-state index contributed by atoms with van der Waals surface area (Å²) in [6, 6.07) is 13.6. The Balaban J connectivity index is 1.82. The van der Waals surface area contributed by atoms with Gasteiger partial charge in [0.05, 0.1) is 40.8 Å². The third-order valence-electron chi connectivity index (χ3n) is 5.44. The molecule has 0 bridgehead atoms. The van der Waals surface area contributed by atoms with E-state index in [9.17, 15) is 9.59 Å². The number of halogens is 2. The maximum Gasteiger partial charge on any atom is 0.322 e. The van der Waals surface area contributed by atoms with Gasteiger partial charge in [-0.2, -0.15) is 5.10 Å². The molecule has 11 heteroatoms. The van der Waals surface area contributed by atoms with Gasteiger partial charge in [0.25, 0.3) is 0 Å². The summed E-state index contributed by atoms with van der Waals surface area (Å²) in [4.78, 5) is 27.5. The van der Waals surface area contributed by atoms with Crippen LogP contribution in [0.5, 0.6) is 5.75 Å². The Morgan fingerprint density at radius 3 is 2.38 bits per heavy atom. The van der Waals surface area contributed by atoms with Crippen molar-refractivity contribution in [2.24, 2.45) is 0 Å². The number of anilines is 2. The quantitative estimate of drug-likeness (QED) is 0.363. The molecule has 3 amide bonds. The molecule has 0 saturated carbocycles. The normalized spacial score (nSPS) is 11.2. The number of ether oxygens (including phenoxy) is 2. The van der Waals surface area contributed by atoms with E-state index in [0.29, 0.717) is 22.3 Å². The van der Waals surface area contributed by atoms with Gasteiger partial charge in [-0.25, -0.2) is 9.48 Å². The van der Waals surface area contributed by atoms with E-state index in [2.05, 4.69) is 10.6 Å². The first-order valence-corrected chi connectivity index (χ1v) is 12.3. The predicted molar refractivity (Wildman–Crippen MR) is 146 cm³/mol. The van der Waals surface area contributed by atoms with Gasteiger partial charge in [0.2, 0.25) is 5.91 Å². The molecule has 2 N–H and O–H groups in total. The van der Waals surface area contributed by atoms with Crippen LogP contribution in [0.1, 0.15) is 26.5 Å². The minimum absolute atomic E-state index is 0.179. The number of hydrogen-bond acceptors (Lipinski definition) is 5. The largest absolute Gasteiger partial charge is 0.497 e. The molecular weight excluding hydrogens is 517 g/mol. The Morgan fingerprint density at radius 2 is 1.76 bits per heavy atom. The topological polar surface area (TPSA) is 97.7 Å². The van der Waals surface area contributed by atoms with Gasteiger partial charge in [0, 0.05) is 25.1 Å². The van der Waals surface area contributed by atoms with Gasteiger partial charge in [-0.3, -0.25) is 4.79 Å². The van der Waals surface area contributed by atoms with Gasteiger partial charge in [-0.1, -0.05) is 50.0 Å². The molecule has 2 aromatic carbocycles. The lowest BCUT2D eigenvalue weighted by Crippen LogP contribution is -2.42. The highest BCUT2D eigenvalue weighted by Gasteiger charge is 2.23. The molecule has 0 aliphatic rings. The Bertz CT molecular complexity index is 1240. The lowest BCUT2D eigenvalue weighted by Gasteiger charge is -2.23. The first-order chi connectivity index (χ1) is 17.5. The number of aromatic nitrogens is 2. The summed E-state index contributed by atoms with van der Waals surface area (Å²) < 4.78 is 12.0. The molecule has 0 atom stereocenters. The molecule has 3 aromatic rings. The first-order valence-electron chi connectivity index (χ1n) is 11.6. The van der Waals surface area contributed by atoms with Crippen LogP contribution in [0.25, 0.3) is 5.69 Å². The average Bonchev–Trinajstić information content (AvgIpc) is 3.28. The maximum absolute atomic E-state index is 13.1. The molecule has 37 heavy (non-hydrogen) atoms. The number of rotatable bonds is 9. The number of benzene rings is 2. The summed E-state index contributed by atoms with van der Waals surface area (Å²) in [5.41, 5.74) is 1.63. The Hall–Kier alpha value is -3.27. The third-order valence-corrected chi connectivity index (χ3v) is 6.26. The molecule has 0 spiro atoms. The zero-order valence-corrected chi connectivity index (χ0v) is 23.0. The van der Waals surface area contributed by atoms with Crippen LogP contribution < -0.4 is 15.4 Å². The SMILES string of the molecule is COCCN(CC(=O)Nc1cc(C(C)(C)C)nn1-c1ccc(OC)cc1)C(=O)Nc1cccc(Cl)c1Cl. The van der Waals surface area contributed by atoms with E-state index < -0.39 is 11.9 Å². The van der Waals surface area contributed by atoms with Crippen molar-refractivity contribution in [3.8, 4) is 11.4 Å². The monoisotopic (exact) mass is 547 g/mol. The van der Waals surface area contributed by atoms with Gasteiger partial charge in [-0.15, -0.1) is 0 Å². The summed E-state index contributed by atoms with van der Waals surface area (Å²) in [7, 11) is 3.11. The molecule has 0 saturated heterocycles. The second-order valence-electron chi connectivity index (χ2n) is 9.27. The van der Waals surface area contributed by atoms with Crippen molar-refractivity contribution in [2.75, 3.05) is 44.5 Å². The van der Waals surface area contributed by atoms with Gasteiger partial charge >= 0.3 is 6.03 Å². The molecular formula is C26H31Cl2N5O4. The van der Waals surface area contributed by atoms with Crippen LogP contribution >= 0.6 is 23.2 Å². The van der Waals surface area contributed by atoms with Crippen LogP contribution in [0.15, 0.2) is 48.5 Å². The van der Waals surface area contributed by atoms with Crippen molar-refractivity contribution in [3.63, 3.8) is 0 Å². The Kier molecular flexibility index (Phi) is 9.42. The van der Waals surface area contributed by atoms with Crippen molar-refractivity contribution >= 4 is 46.6 Å². The summed E-state index contributed by atoms with van der Waals surface area (Å²) in [6.07, 6.45) is 0. The molecule has 3 rings (SSSR count). The molecule has 0 aliphatic carbocycles. The Morgan fingerprint density at radius 1 is 1.05 bits per heavy atom. The van der Waals surface area contributed by atoms with Crippen LogP contribution in [-0.2, 0) is 14.9 Å². The number of amides is 3. The number of methoxy groups -OCH3 is 2. The maximum atomic E-state index is 13.1. The lowest BCUT2D eigenvalue weighted by molar-refractivity contribution is -0.116.